The fraction of sp³-hybridized carbons (Fsp3) is 0.500. The molecule has 32 heavy (non-hydrogen) atoms. The van der Waals surface area contributed by atoms with Crippen LogP contribution >= 0.6 is 11.3 Å². The van der Waals surface area contributed by atoms with Crippen LogP contribution in [0, 0.1) is 0 Å². The summed E-state index contributed by atoms with van der Waals surface area (Å²) >= 11 is 1.76. The molecule has 0 aliphatic heterocycles. The molecule has 0 saturated heterocycles. The highest BCUT2D eigenvalue weighted by molar-refractivity contribution is 7.11. The van der Waals surface area contributed by atoms with Gasteiger partial charge in [0, 0.05) is 22.7 Å². The summed E-state index contributed by atoms with van der Waals surface area (Å²) in [5.74, 6) is -0.503. The van der Waals surface area contributed by atoms with E-state index in [9.17, 15) is 9.59 Å². The first kappa shape index (κ1) is 26.0. The summed E-state index contributed by atoms with van der Waals surface area (Å²) in [6, 6.07) is 12.6. The molecule has 0 aliphatic rings. The molecule has 2 aromatic rings. The number of carbonyl (C=O) groups is 2. The second-order valence-electron chi connectivity index (χ2n) is 7.94. The average Bonchev–Trinajstić information content (AvgIpc) is 3.25. The predicted molar refractivity (Wildman–Crippen MR) is 131 cm³/mol. The Labute approximate surface area is 195 Å². The summed E-state index contributed by atoms with van der Waals surface area (Å²) < 4.78 is 0. The van der Waals surface area contributed by atoms with Crippen molar-refractivity contribution >= 4 is 23.2 Å². The zero-order valence-electron chi connectivity index (χ0n) is 18.7. The maximum absolute atomic E-state index is 12.9. The number of hydrogen-bond acceptors (Lipinski definition) is 6. The second-order valence-corrected chi connectivity index (χ2v) is 9.20. The highest BCUT2D eigenvalue weighted by atomic mass is 32.1. The topological polar surface area (TPSA) is 136 Å². The van der Waals surface area contributed by atoms with E-state index in [0.29, 0.717) is 32.5 Å². The van der Waals surface area contributed by atoms with E-state index < -0.39 is 12.1 Å². The minimum Gasteiger partial charge on any atom is -0.354 e. The van der Waals surface area contributed by atoms with E-state index in [2.05, 4.69) is 22.8 Å². The van der Waals surface area contributed by atoms with Crippen LogP contribution in [0.4, 0.5) is 0 Å². The van der Waals surface area contributed by atoms with E-state index in [1.54, 1.807) is 11.3 Å². The standard InChI is InChI=1S/C24H37N5O2S/c25-14-5-4-10-21(27)23(30)29-22(17-18-7-2-1-3-8-18)24(31)28-16-13-20-12-11-19(32-20)9-6-15-26/h1-3,7-8,11-12,21-22H,4-6,9-10,13-17,25-27H2,(H,28,31)(H,29,30)/t21-,22-/m0/s1. The minimum atomic E-state index is -0.672. The third-order valence-corrected chi connectivity index (χ3v) is 6.44. The molecule has 2 rings (SSSR count). The number of amides is 2. The van der Waals surface area contributed by atoms with Crippen molar-refractivity contribution in [2.45, 2.75) is 57.0 Å². The molecule has 176 valence electrons. The maximum atomic E-state index is 12.9. The highest BCUT2D eigenvalue weighted by Crippen LogP contribution is 2.18. The first-order chi connectivity index (χ1) is 15.5. The van der Waals surface area contributed by atoms with Crippen molar-refractivity contribution < 1.29 is 9.59 Å². The van der Waals surface area contributed by atoms with E-state index in [1.165, 1.54) is 9.75 Å². The van der Waals surface area contributed by atoms with Gasteiger partial charge in [-0.05, 0) is 62.9 Å². The molecule has 0 unspecified atom stereocenters. The number of nitrogens with two attached hydrogens (primary N) is 3. The van der Waals surface area contributed by atoms with E-state index in [-0.39, 0.29) is 11.8 Å². The number of unbranched alkanes of at least 4 members (excludes halogenated alkanes) is 1. The van der Waals surface area contributed by atoms with Gasteiger partial charge in [0.2, 0.25) is 11.8 Å². The smallest absolute Gasteiger partial charge is 0.242 e. The quantitative estimate of drug-likeness (QED) is 0.257. The van der Waals surface area contributed by atoms with Gasteiger partial charge < -0.3 is 27.8 Å². The van der Waals surface area contributed by atoms with Crippen LogP contribution in [0.15, 0.2) is 42.5 Å². The minimum absolute atomic E-state index is 0.198. The molecule has 0 fully saturated rings. The summed E-state index contributed by atoms with van der Waals surface area (Å²) in [5, 5.41) is 5.83. The van der Waals surface area contributed by atoms with Crippen LogP contribution in [0.3, 0.4) is 0 Å². The molecule has 8 heteroatoms. The van der Waals surface area contributed by atoms with E-state index in [4.69, 9.17) is 17.2 Å². The van der Waals surface area contributed by atoms with Gasteiger partial charge in [0.1, 0.15) is 6.04 Å². The second kappa shape index (κ2) is 14.7. The molecule has 2 atom stereocenters. The van der Waals surface area contributed by atoms with Crippen molar-refractivity contribution in [3.63, 3.8) is 0 Å². The zero-order chi connectivity index (χ0) is 23.2. The van der Waals surface area contributed by atoms with Gasteiger partial charge in [0.25, 0.3) is 0 Å². The van der Waals surface area contributed by atoms with Crippen LogP contribution in [0.1, 0.15) is 41.0 Å². The van der Waals surface area contributed by atoms with E-state index >= 15 is 0 Å². The summed E-state index contributed by atoms with van der Waals surface area (Å²) in [6.07, 6.45) is 5.30. The highest BCUT2D eigenvalue weighted by Gasteiger charge is 2.23. The largest absolute Gasteiger partial charge is 0.354 e. The third-order valence-electron chi connectivity index (χ3n) is 5.24. The summed E-state index contributed by atoms with van der Waals surface area (Å²) in [4.78, 5) is 28.0. The van der Waals surface area contributed by atoms with Crippen molar-refractivity contribution in [2.24, 2.45) is 17.2 Å². The Morgan fingerprint density at radius 1 is 0.875 bits per heavy atom. The monoisotopic (exact) mass is 459 g/mol. The van der Waals surface area contributed by atoms with Crippen LogP contribution in [-0.4, -0.2) is 43.5 Å². The summed E-state index contributed by atoms with van der Waals surface area (Å²) in [7, 11) is 0. The molecule has 1 heterocycles. The molecular formula is C24H37N5O2S. The van der Waals surface area contributed by atoms with Gasteiger partial charge in [-0.15, -0.1) is 11.3 Å². The Morgan fingerprint density at radius 3 is 2.25 bits per heavy atom. The first-order valence-corrected chi connectivity index (χ1v) is 12.2. The lowest BCUT2D eigenvalue weighted by molar-refractivity contribution is -0.129. The molecule has 0 aliphatic carbocycles. The van der Waals surface area contributed by atoms with Crippen molar-refractivity contribution in [3.8, 4) is 0 Å². The number of benzene rings is 1. The molecule has 7 nitrogen and oxygen atoms in total. The molecule has 2 amide bonds. The van der Waals surface area contributed by atoms with Crippen LogP contribution in [0.5, 0.6) is 0 Å². The number of aryl methyl sites for hydroxylation is 1. The lowest BCUT2D eigenvalue weighted by Gasteiger charge is -2.21. The molecule has 1 aromatic carbocycles. The van der Waals surface area contributed by atoms with Gasteiger partial charge in [-0.1, -0.05) is 36.8 Å². The fourth-order valence-corrected chi connectivity index (χ4v) is 4.44. The normalized spacial score (nSPS) is 12.8. The van der Waals surface area contributed by atoms with Crippen LogP contribution in [-0.2, 0) is 28.9 Å². The Bertz CT molecular complexity index is 812. The summed E-state index contributed by atoms with van der Waals surface area (Å²) in [5.41, 5.74) is 18.1. The molecule has 0 saturated carbocycles. The van der Waals surface area contributed by atoms with Gasteiger partial charge >= 0.3 is 0 Å². The Kier molecular flexibility index (Phi) is 12.0. The number of rotatable bonds is 15. The van der Waals surface area contributed by atoms with Crippen LogP contribution < -0.4 is 27.8 Å². The van der Waals surface area contributed by atoms with Crippen molar-refractivity contribution in [3.05, 3.63) is 57.8 Å². The van der Waals surface area contributed by atoms with Crippen molar-refractivity contribution in [1.29, 1.82) is 0 Å². The van der Waals surface area contributed by atoms with Gasteiger partial charge in [0.15, 0.2) is 0 Å². The lowest BCUT2D eigenvalue weighted by atomic mass is 10.0. The lowest BCUT2D eigenvalue weighted by Crippen LogP contribution is -2.52. The van der Waals surface area contributed by atoms with Gasteiger partial charge in [-0.3, -0.25) is 9.59 Å². The number of hydrogen-bond donors (Lipinski definition) is 5. The van der Waals surface area contributed by atoms with Gasteiger partial charge in [-0.25, -0.2) is 0 Å². The van der Waals surface area contributed by atoms with E-state index in [0.717, 1.165) is 37.7 Å². The molecule has 0 spiro atoms. The van der Waals surface area contributed by atoms with Crippen LogP contribution in [0.2, 0.25) is 0 Å². The Hall–Kier alpha value is -2.26. The maximum Gasteiger partial charge on any atom is 0.242 e. The number of carbonyl (C=O) groups excluding carboxylic acids is 2. The SMILES string of the molecule is NCCCC[C@H](N)C(=O)N[C@@H](Cc1ccccc1)C(=O)NCCc1ccc(CCCN)s1. The summed E-state index contributed by atoms with van der Waals surface area (Å²) in [6.45, 7) is 1.78. The molecular weight excluding hydrogens is 422 g/mol. The van der Waals surface area contributed by atoms with Crippen molar-refractivity contribution in [1.82, 2.24) is 10.6 Å². The Morgan fingerprint density at radius 2 is 1.56 bits per heavy atom. The zero-order valence-corrected chi connectivity index (χ0v) is 19.5. The molecule has 0 bridgehead atoms. The van der Waals surface area contributed by atoms with Gasteiger partial charge in [0.05, 0.1) is 6.04 Å². The molecule has 1 aromatic heterocycles. The van der Waals surface area contributed by atoms with Crippen molar-refractivity contribution in [2.75, 3.05) is 19.6 Å². The molecule has 8 N–H and O–H groups in total. The fourth-order valence-electron chi connectivity index (χ4n) is 3.38. The third kappa shape index (κ3) is 9.48. The Balaban J connectivity index is 1.91. The first-order valence-electron chi connectivity index (χ1n) is 11.4. The van der Waals surface area contributed by atoms with Gasteiger partial charge in [-0.2, -0.15) is 0 Å². The predicted octanol–water partition coefficient (Wildman–Crippen LogP) is 1.48. The van der Waals surface area contributed by atoms with Crippen LogP contribution in [0.25, 0.3) is 0 Å². The number of nitrogens with one attached hydrogen (secondary N) is 2. The average molecular weight is 460 g/mol. The van der Waals surface area contributed by atoms with E-state index in [1.807, 2.05) is 30.3 Å². The number of thiophene rings is 1. The molecule has 0 radical (unpaired) electrons.